The summed E-state index contributed by atoms with van der Waals surface area (Å²) in [6, 6.07) is 9.19. The highest BCUT2D eigenvalue weighted by Crippen LogP contribution is 2.08. The van der Waals surface area contributed by atoms with E-state index in [-0.39, 0.29) is 25.2 Å². The molecule has 1 aromatic carbocycles. The Hall–Kier alpha value is -2.18. The van der Waals surface area contributed by atoms with Crippen molar-refractivity contribution < 1.29 is 19.1 Å². The zero-order valence-electron chi connectivity index (χ0n) is 14.5. The topological polar surface area (TPSA) is 67.9 Å². The highest BCUT2D eigenvalue weighted by atomic mass is 16.5. The molecule has 1 amide bonds. The van der Waals surface area contributed by atoms with Crippen LogP contribution in [0.4, 0.5) is 0 Å². The molecule has 1 rings (SSSR count). The average molecular weight is 334 g/mol. The highest BCUT2D eigenvalue weighted by Gasteiger charge is 2.28. The Labute approximate surface area is 143 Å². The fraction of sp³-hybridized carbons (Fsp3) is 0.444. The lowest BCUT2D eigenvalue weighted by Gasteiger charge is -2.27. The monoisotopic (exact) mass is 334 g/mol. The molecule has 1 aromatic rings. The minimum absolute atomic E-state index is 0.115. The van der Waals surface area contributed by atoms with Crippen LogP contribution in [0.2, 0.25) is 0 Å². The number of nitrogens with zero attached hydrogens (tertiary/aromatic N) is 1. The Morgan fingerprint density at radius 2 is 2.00 bits per heavy atom. The first kappa shape index (κ1) is 19.9. The van der Waals surface area contributed by atoms with Crippen LogP contribution in [0.25, 0.3) is 0 Å². The summed E-state index contributed by atoms with van der Waals surface area (Å²) in [6.45, 7) is 5.73. The molecular weight excluding hydrogens is 308 g/mol. The largest absolute Gasteiger partial charge is 0.460 e. The molecule has 0 fully saturated rings. The van der Waals surface area contributed by atoms with Gasteiger partial charge in [-0.15, -0.1) is 0 Å². The predicted octanol–water partition coefficient (Wildman–Crippen LogP) is 1.37. The van der Waals surface area contributed by atoms with Crippen LogP contribution in [0.15, 0.2) is 43.0 Å². The fourth-order valence-corrected chi connectivity index (χ4v) is 2.16. The lowest BCUT2D eigenvalue weighted by molar-refractivity contribution is -0.149. The van der Waals surface area contributed by atoms with Crippen LogP contribution in [0.3, 0.4) is 0 Å². The van der Waals surface area contributed by atoms with Gasteiger partial charge in [0.05, 0.1) is 12.7 Å². The maximum absolute atomic E-state index is 12.5. The van der Waals surface area contributed by atoms with Crippen molar-refractivity contribution in [2.24, 2.45) is 0 Å². The van der Waals surface area contributed by atoms with Crippen LogP contribution in [0, 0.1) is 0 Å². The number of carbonyl (C=O) groups is 2. The summed E-state index contributed by atoms with van der Waals surface area (Å²) in [4.78, 5) is 25.4. The minimum atomic E-state index is -0.550. The van der Waals surface area contributed by atoms with Crippen molar-refractivity contribution in [1.29, 1.82) is 0 Å². The van der Waals surface area contributed by atoms with Gasteiger partial charge in [0, 0.05) is 7.05 Å². The van der Waals surface area contributed by atoms with E-state index < -0.39 is 12.0 Å². The molecule has 6 nitrogen and oxygen atoms in total. The van der Waals surface area contributed by atoms with Gasteiger partial charge in [-0.05, 0) is 19.5 Å². The fourth-order valence-electron chi connectivity index (χ4n) is 2.16. The van der Waals surface area contributed by atoms with Gasteiger partial charge in [0.2, 0.25) is 5.91 Å². The standard InChI is InChI=1S/C18H26N2O4/c1-5-11-23-16(21)12-20(4)18(22)17(19-3)14(2)24-13-15-9-7-6-8-10-15/h5-10,14,17,19H,1,11-13H2,2-4H3/t14?,17-/m0/s1. The first-order valence-electron chi connectivity index (χ1n) is 7.83. The summed E-state index contributed by atoms with van der Waals surface area (Å²) in [5.74, 6) is -0.702. The van der Waals surface area contributed by atoms with Crippen LogP contribution in [0.5, 0.6) is 0 Å². The third kappa shape index (κ3) is 6.52. The Morgan fingerprint density at radius 1 is 1.33 bits per heavy atom. The van der Waals surface area contributed by atoms with Crippen LogP contribution in [-0.2, 0) is 25.7 Å². The van der Waals surface area contributed by atoms with E-state index in [0.29, 0.717) is 6.61 Å². The number of hydrogen-bond donors (Lipinski definition) is 1. The van der Waals surface area contributed by atoms with Gasteiger partial charge in [0.15, 0.2) is 0 Å². The number of amides is 1. The molecule has 2 atom stereocenters. The quantitative estimate of drug-likeness (QED) is 0.517. The molecule has 132 valence electrons. The molecule has 0 spiro atoms. The van der Waals surface area contributed by atoms with Crippen molar-refractivity contribution in [3.8, 4) is 0 Å². The van der Waals surface area contributed by atoms with Gasteiger partial charge in [-0.25, -0.2) is 0 Å². The summed E-state index contributed by atoms with van der Waals surface area (Å²) < 4.78 is 10.7. The Kier molecular flexibility index (Phi) is 8.75. The summed E-state index contributed by atoms with van der Waals surface area (Å²) in [6.07, 6.45) is 1.13. The zero-order valence-corrected chi connectivity index (χ0v) is 14.5. The number of esters is 1. The van der Waals surface area contributed by atoms with Crippen LogP contribution in [-0.4, -0.2) is 56.2 Å². The molecule has 1 N–H and O–H groups in total. The predicted molar refractivity (Wildman–Crippen MR) is 92.3 cm³/mol. The molecular formula is C18H26N2O4. The second-order valence-corrected chi connectivity index (χ2v) is 5.43. The van der Waals surface area contributed by atoms with E-state index >= 15 is 0 Å². The molecule has 0 saturated carbocycles. The van der Waals surface area contributed by atoms with Crippen LogP contribution in [0.1, 0.15) is 12.5 Å². The average Bonchev–Trinajstić information content (AvgIpc) is 2.59. The molecule has 0 saturated heterocycles. The van der Waals surface area contributed by atoms with Gasteiger partial charge < -0.3 is 19.7 Å². The molecule has 0 radical (unpaired) electrons. The number of carbonyl (C=O) groups excluding carboxylic acids is 2. The van der Waals surface area contributed by atoms with Crippen molar-refractivity contribution in [2.75, 3.05) is 27.2 Å². The third-order valence-electron chi connectivity index (χ3n) is 3.51. The van der Waals surface area contributed by atoms with E-state index in [2.05, 4.69) is 11.9 Å². The molecule has 0 aliphatic rings. The smallest absolute Gasteiger partial charge is 0.325 e. The van der Waals surface area contributed by atoms with E-state index in [0.717, 1.165) is 5.56 Å². The van der Waals surface area contributed by atoms with E-state index in [4.69, 9.17) is 9.47 Å². The summed E-state index contributed by atoms with van der Waals surface area (Å²) in [5.41, 5.74) is 1.04. The molecule has 0 heterocycles. The lowest BCUT2D eigenvalue weighted by atomic mass is 10.1. The van der Waals surface area contributed by atoms with Crippen LogP contribution < -0.4 is 5.32 Å². The van der Waals surface area contributed by atoms with Crippen molar-refractivity contribution in [3.63, 3.8) is 0 Å². The molecule has 0 bridgehead atoms. The summed E-state index contributed by atoms with van der Waals surface area (Å²) >= 11 is 0. The van der Waals surface area contributed by atoms with Gasteiger partial charge >= 0.3 is 5.97 Å². The Balaban J connectivity index is 2.54. The lowest BCUT2D eigenvalue weighted by Crippen LogP contribution is -2.51. The van der Waals surface area contributed by atoms with E-state index in [1.165, 1.54) is 11.0 Å². The first-order chi connectivity index (χ1) is 11.5. The molecule has 0 aliphatic heterocycles. The summed E-state index contributed by atoms with van der Waals surface area (Å²) in [5, 5.41) is 2.95. The van der Waals surface area contributed by atoms with Gasteiger partial charge in [0.25, 0.3) is 0 Å². The van der Waals surface area contributed by atoms with Crippen molar-refractivity contribution >= 4 is 11.9 Å². The van der Waals surface area contributed by atoms with E-state index in [9.17, 15) is 9.59 Å². The molecule has 1 unspecified atom stereocenters. The Morgan fingerprint density at radius 3 is 2.58 bits per heavy atom. The number of likely N-dealkylation sites (N-methyl/N-ethyl adjacent to an activating group) is 2. The van der Waals surface area contributed by atoms with E-state index in [1.807, 2.05) is 37.3 Å². The minimum Gasteiger partial charge on any atom is -0.460 e. The molecule has 0 aromatic heterocycles. The molecule has 24 heavy (non-hydrogen) atoms. The molecule has 0 aliphatic carbocycles. The number of nitrogens with one attached hydrogen (secondary N) is 1. The third-order valence-corrected chi connectivity index (χ3v) is 3.51. The number of hydrogen-bond acceptors (Lipinski definition) is 5. The van der Waals surface area contributed by atoms with Crippen LogP contribution >= 0.6 is 0 Å². The number of ether oxygens (including phenoxy) is 2. The van der Waals surface area contributed by atoms with E-state index in [1.54, 1.807) is 14.1 Å². The van der Waals surface area contributed by atoms with Crippen molar-refractivity contribution in [1.82, 2.24) is 10.2 Å². The first-order valence-corrected chi connectivity index (χ1v) is 7.83. The Bertz CT molecular complexity index is 533. The van der Waals surface area contributed by atoms with Gasteiger partial charge in [-0.1, -0.05) is 43.0 Å². The van der Waals surface area contributed by atoms with Gasteiger partial charge in [-0.2, -0.15) is 0 Å². The highest BCUT2D eigenvalue weighted by molar-refractivity contribution is 5.86. The van der Waals surface area contributed by atoms with Crippen molar-refractivity contribution in [2.45, 2.75) is 25.7 Å². The second kappa shape index (κ2) is 10.6. The normalized spacial score (nSPS) is 13.0. The van der Waals surface area contributed by atoms with Crippen molar-refractivity contribution in [3.05, 3.63) is 48.6 Å². The van der Waals surface area contributed by atoms with Gasteiger partial charge in [0.1, 0.15) is 19.2 Å². The summed E-state index contributed by atoms with van der Waals surface area (Å²) in [7, 11) is 3.25. The van der Waals surface area contributed by atoms with Gasteiger partial charge in [-0.3, -0.25) is 9.59 Å². The zero-order chi connectivity index (χ0) is 17.9. The maximum atomic E-state index is 12.5. The number of benzene rings is 1. The number of rotatable bonds is 10. The second-order valence-electron chi connectivity index (χ2n) is 5.43. The SMILES string of the molecule is C=CCOC(=O)CN(C)C(=O)[C@@H](NC)C(C)OCc1ccccc1. The maximum Gasteiger partial charge on any atom is 0.325 e. The molecule has 6 heteroatoms.